The maximum Gasteiger partial charge on any atom is 0.261 e. The third-order valence-electron chi connectivity index (χ3n) is 2.72. The average Bonchev–Trinajstić information content (AvgIpc) is 2.80. The molecule has 0 radical (unpaired) electrons. The van der Waals surface area contributed by atoms with Gasteiger partial charge in [0.15, 0.2) is 5.58 Å². The Morgan fingerprint density at radius 2 is 2.00 bits per heavy atom. The van der Waals surface area contributed by atoms with Crippen LogP contribution in [0.3, 0.4) is 0 Å². The van der Waals surface area contributed by atoms with Crippen molar-refractivity contribution in [1.82, 2.24) is 4.98 Å². The Labute approximate surface area is 124 Å². The Hall–Kier alpha value is -1.98. The highest BCUT2D eigenvalue weighted by atomic mass is 35.5. The van der Waals surface area contributed by atoms with Crippen molar-refractivity contribution < 1.29 is 4.42 Å². The maximum atomic E-state index is 7.62. The molecule has 0 fully saturated rings. The number of rotatable bonds is 3. The third-order valence-corrected chi connectivity index (χ3v) is 3.94. The quantitative estimate of drug-likeness (QED) is 0.568. The molecule has 3 rings (SSSR count). The lowest BCUT2D eigenvalue weighted by Gasteiger charge is -2.07. The van der Waals surface area contributed by atoms with E-state index in [-0.39, 0.29) is 5.84 Å². The zero-order valence-corrected chi connectivity index (χ0v) is 11.8. The molecule has 4 nitrogen and oxygen atoms in total. The van der Waals surface area contributed by atoms with Gasteiger partial charge in [-0.1, -0.05) is 29.8 Å². The van der Waals surface area contributed by atoms with Gasteiger partial charge < -0.3 is 10.2 Å². The van der Waals surface area contributed by atoms with Crippen LogP contribution in [0, 0.1) is 5.41 Å². The van der Waals surface area contributed by atoms with Crippen molar-refractivity contribution in [2.24, 2.45) is 5.73 Å². The number of halogens is 1. The molecule has 0 aliphatic heterocycles. The van der Waals surface area contributed by atoms with Crippen LogP contribution in [0.25, 0.3) is 11.1 Å². The predicted molar refractivity (Wildman–Crippen MR) is 80.6 cm³/mol. The van der Waals surface area contributed by atoms with Crippen molar-refractivity contribution in [3.05, 3.63) is 53.1 Å². The lowest BCUT2D eigenvalue weighted by atomic mass is 10.2. The molecular weight excluding hydrogens is 294 g/mol. The zero-order chi connectivity index (χ0) is 14.1. The molecule has 0 unspecified atom stereocenters. The molecule has 20 heavy (non-hydrogen) atoms. The summed E-state index contributed by atoms with van der Waals surface area (Å²) in [5.41, 5.74) is 7.60. The van der Waals surface area contributed by atoms with Gasteiger partial charge in [0.05, 0.1) is 5.02 Å². The van der Waals surface area contributed by atoms with Crippen molar-refractivity contribution in [3.8, 4) is 0 Å². The van der Waals surface area contributed by atoms with Gasteiger partial charge in [0.2, 0.25) is 0 Å². The van der Waals surface area contributed by atoms with Gasteiger partial charge in [-0.25, -0.2) is 4.98 Å². The molecule has 3 aromatic rings. The van der Waals surface area contributed by atoms with Crippen molar-refractivity contribution in [2.75, 3.05) is 0 Å². The predicted octanol–water partition coefficient (Wildman–Crippen LogP) is 3.92. The van der Waals surface area contributed by atoms with Gasteiger partial charge in [0, 0.05) is 10.5 Å². The molecule has 100 valence electrons. The van der Waals surface area contributed by atoms with Gasteiger partial charge in [0.25, 0.3) is 5.22 Å². The lowest BCUT2D eigenvalue weighted by molar-refractivity contribution is 0.489. The summed E-state index contributed by atoms with van der Waals surface area (Å²) in [5.74, 6) is -0.0748. The molecule has 0 saturated carbocycles. The topological polar surface area (TPSA) is 75.9 Å². The first-order chi connectivity index (χ1) is 9.65. The molecule has 1 aromatic heterocycles. The van der Waals surface area contributed by atoms with Crippen LogP contribution >= 0.6 is 23.4 Å². The molecule has 1 heterocycles. The number of nitrogen functional groups attached to an aromatic ring is 1. The summed E-state index contributed by atoms with van der Waals surface area (Å²) >= 11 is 7.38. The zero-order valence-electron chi connectivity index (χ0n) is 10.3. The number of nitrogens with two attached hydrogens (primary N) is 1. The number of para-hydroxylation sites is 2. The second kappa shape index (κ2) is 5.19. The molecule has 0 bridgehead atoms. The normalized spacial score (nSPS) is 10.8. The van der Waals surface area contributed by atoms with Crippen molar-refractivity contribution >= 4 is 40.3 Å². The molecule has 0 atom stereocenters. The number of nitrogens with zero attached hydrogens (tertiary/aromatic N) is 1. The van der Waals surface area contributed by atoms with Crippen LogP contribution in [-0.2, 0) is 0 Å². The van der Waals surface area contributed by atoms with Gasteiger partial charge >= 0.3 is 0 Å². The van der Waals surface area contributed by atoms with E-state index in [1.165, 1.54) is 11.8 Å². The molecule has 0 amide bonds. The van der Waals surface area contributed by atoms with Crippen LogP contribution in [0.1, 0.15) is 5.56 Å². The number of oxazole rings is 1. The van der Waals surface area contributed by atoms with Gasteiger partial charge in [0.1, 0.15) is 11.4 Å². The Kier molecular flexibility index (Phi) is 3.38. The first-order valence-corrected chi connectivity index (χ1v) is 7.01. The van der Waals surface area contributed by atoms with E-state index in [4.69, 9.17) is 27.2 Å². The van der Waals surface area contributed by atoms with E-state index in [2.05, 4.69) is 4.98 Å². The van der Waals surface area contributed by atoms with E-state index in [1.54, 1.807) is 12.1 Å². The Morgan fingerprint density at radius 1 is 1.20 bits per heavy atom. The fourth-order valence-electron chi connectivity index (χ4n) is 1.84. The van der Waals surface area contributed by atoms with E-state index in [0.29, 0.717) is 15.8 Å². The summed E-state index contributed by atoms with van der Waals surface area (Å²) in [7, 11) is 0. The second-order valence-electron chi connectivity index (χ2n) is 4.08. The first kappa shape index (κ1) is 13.0. The maximum absolute atomic E-state index is 7.62. The fourth-order valence-corrected chi connectivity index (χ4v) is 3.10. The van der Waals surface area contributed by atoms with Gasteiger partial charge in [-0.05, 0) is 36.0 Å². The number of fused-ring (bicyclic) bond motifs is 1. The highest BCUT2D eigenvalue weighted by molar-refractivity contribution is 7.99. The third kappa shape index (κ3) is 2.37. The van der Waals surface area contributed by atoms with Crippen molar-refractivity contribution in [3.63, 3.8) is 0 Å². The van der Waals surface area contributed by atoms with E-state index in [1.807, 2.05) is 30.3 Å². The molecule has 2 aromatic carbocycles. The van der Waals surface area contributed by atoms with Crippen LogP contribution < -0.4 is 5.73 Å². The Balaban J connectivity index is 2.02. The van der Waals surface area contributed by atoms with Gasteiger partial charge in [-0.15, -0.1) is 0 Å². The number of aromatic nitrogens is 1. The largest absolute Gasteiger partial charge is 0.431 e. The minimum Gasteiger partial charge on any atom is -0.431 e. The first-order valence-electron chi connectivity index (χ1n) is 5.81. The van der Waals surface area contributed by atoms with Crippen LogP contribution in [0.4, 0.5) is 0 Å². The molecule has 0 saturated heterocycles. The minimum atomic E-state index is -0.0748. The summed E-state index contributed by atoms with van der Waals surface area (Å²) in [6, 6.07) is 12.9. The van der Waals surface area contributed by atoms with E-state index < -0.39 is 0 Å². The fraction of sp³-hybridized carbons (Fsp3) is 0. The van der Waals surface area contributed by atoms with E-state index >= 15 is 0 Å². The molecule has 0 spiro atoms. The summed E-state index contributed by atoms with van der Waals surface area (Å²) in [6.07, 6.45) is 0. The monoisotopic (exact) mass is 303 g/mol. The second-order valence-corrected chi connectivity index (χ2v) is 5.48. The van der Waals surface area contributed by atoms with E-state index in [0.717, 1.165) is 16.0 Å². The number of hydrogen-bond donors (Lipinski definition) is 2. The summed E-state index contributed by atoms with van der Waals surface area (Å²) < 4.78 is 5.64. The lowest BCUT2D eigenvalue weighted by Crippen LogP contribution is -2.12. The molecular formula is C14H10ClN3OS. The molecule has 6 heteroatoms. The number of amidine groups is 1. The summed E-state index contributed by atoms with van der Waals surface area (Å²) in [6.45, 7) is 0. The average molecular weight is 304 g/mol. The Morgan fingerprint density at radius 3 is 2.75 bits per heavy atom. The van der Waals surface area contributed by atoms with Crippen LogP contribution in [0.2, 0.25) is 5.02 Å². The van der Waals surface area contributed by atoms with Crippen LogP contribution in [0.5, 0.6) is 0 Å². The molecule has 0 aliphatic carbocycles. The molecule has 0 aliphatic rings. The standard InChI is InChI=1S/C14H10ClN3OS/c15-8-4-3-7-11(12(8)13(16)17)20-14-18-9-5-1-2-6-10(9)19-14/h1-7H,(H3,16,17). The van der Waals surface area contributed by atoms with Crippen molar-refractivity contribution in [2.45, 2.75) is 10.1 Å². The number of benzene rings is 2. The highest BCUT2D eigenvalue weighted by Crippen LogP contribution is 2.34. The number of hydrogen-bond acceptors (Lipinski definition) is 4. The van der Waals surface area contributed by atoms with E-state index in [9.17, 15) is 0 Å². The highest BCUT2D eigenvalue weighted by Gasteiger charge is 2.14. The summed E-state index contributed by atoms with van der Waals surface area (Å²) in [5, 5.41) is 8.56. The van der Waals surface area contributed by atoms with Crippen molar-refractivity contribution in [1.29, 1.82) is 5.41 Å². The SMILES string of the molecule is N=C(N)c1c(Cl)cccc1Sc1nc2ccccc2o1. The van der Waals surface area contributed by atoms with Crippen LogP contribution in [-0.4, -0.2) is 10.8 Å². The summed E-state index contributed by atoms with van der Waals surface area (Å²) in [4.78, 5) is 5.13. The van der Waals surface area contributed by atoms with Gasteiger partial charge in [-0.2, -0.15) is 0 Å². The smallest absolute Gasteiger partial charge is 0.261 e. The minimum absolute atomic E-state index is 0.0748. The van der Waals surface area contributed by atoms with Gasteiger partial charge in [-0.3, -0.25) is 5.41 Å². The van der Waals surface area contributed by atoms with Crippen LogP contribution in [0.15, 0.2) is 57.0 Å². The Bertz CT molecular complexity index is 767. The molecule has 3 N–H and O–H groups in total. The number of nitrogens with one attached hydrogen (secondary N) is 1.